The van der Waals surface area contributed by atoms with Gasteiger partial charge in [-0.25, -0.2) is 19.4 Å². The molecule has 4 heterocycles. The van der Waals surface area contributed by atoms with Crippen molar-refractivity contribution in [3.05, 3.63) is 71.8 Å². The molecule has 2 aromatic carbocycles. The summed E-state index contributed by atoms with van der Waals surface area (Å²) in [5.41, 5.74) is 2.87. The number of hydrogen-bond acceptors (Lipinski definition) is 10. The Morgan fingerprint density at radius 2 is 1.69 bits per heavy atom. The number of hydroxylamine groups is 1. The van der Waals surface area contributed by atoms with Crippen molar-refractivity contribution in [1.82, 2.24) is 19.8 Å². The molecule has 0 unspecified atom stereocenters. The van der Waals surface area contributed by atoms with Crippen LogP contribution in [0.5, 0.6) is 5.75 Å². The molecule has 4 fully saturated rings. The summed E-state index contributed by atoms with van der Waals surface area (Å²) < 4.78 is 20.0. The van der Waals surface area contributed by atoms with Crippen molar-refractivity contribution >= 4 is 46.2 Å². The zero-order valence-electron chi connectivity index (χ0n) is 27.9. The second-order valence-corrected chi connectivity index (χ2v) is 13.6. The molecule has 4 aliphatic rings. The van der Waals surface area contributed by atoms with Crippen LogP contribution in [0.25, 0.3) is 0 Å². The third-order valence-corrected chi connectivity index (χ3v) is 10.6. The predicted molar refractivity (Wildman–Crippen MR) is 190 cm³/mol. The highest BCUT2D eigenvalue weighted by Crippen LogP contribution is 2.41. The van der Waals surface area contributed by atoms with E-state index in [0.29, 0.717) is 58.4 Å². The molecule has 3 saturated heterocycles. The van der Waals surface area contributed by atoms with Crippen molar-refractivity contribution in [2.75, 3.05) is 73.6 Å². The molecular formula is C36H44ClFN8O3. The number of nitrogens with zero attached hydrogens (tertiary/aromatic N) is 6. The molecule has 7 rings (SSSR count). The molecule has 49 heavy (non-hydrogen) atoms. The first-order chi connectivity index (χ1) is 23.9. The fourth-order valence-electron chi connectivity index (χ4n) is 7.51. The molecule has 1 amide bonds. The van der Waals surface area contributed by atoms with Gasteiger partial charge in [0.2, 0.25) is 5.91 Å². The Morgan fingerprint density at radius 1 is 0.959 bits per heavy atom. The van der Waals surface area contributed by atoms with Gasteiger partial charge in [-0.05, 0) is 61.6 Å². The van der Waals surface area contributed by atoms with Crippen molar-refractivity contribution < 1.29 is 18.8 Å². The maximum Gasteiger partial charge on any atom is 0.247 e. The summed E-state index contributed by atoms with van der Waals surface area (Å²) in [5, 5.41) is 8.34. The summed E-state index contributed by atoms with van der Waals surface area (Å²) in [5.74, 6) is 0.891. The average molecular weight is 691 g/mol. The maximum atomic E-state index is 14.2. The molecule has 11 nitrogen and oxygen atoms in total. The van der Waals surface area contributed by atoms with E-state index in [9.17, 15) is 9.18 Å². The van der Waals surface area contributed by atoms with E-state index in [1.165, 1.54) is 56.9 Å². The van der Waals surface area contributed by atoms with E-state index >= 15 is 0 Å². The largest absolute Gasteiger partial charge is 0.494 e. The number of methoxy groups -OCH3 is 1. The first kappa shape index (κ1) is 33.5. The number of nitrogens with one attached hydrogen (secondary N) is 2. The number of piperazine rings is 1. The molecule has 1 aromatic heterocycles. The van der Waals surface area contributed by atoms with Gasteiger partial charge in [0.1, 0.15) is 23.7 Å². The van der Waals surface area contributed by atoms with Crippen molar-refractivity contribution in [3.8, 4) is 5.75 Å². The number of halogens is 2. The van der Waals surface area contributed by atoms with Crippen LogP contribution in [-0.4, -0.2) is 90.7 Å². The van der Waals surface area contributed by atoms with Crippen LogP contribution >= 0.6 is 11.6 Å². The Labute approximate surface area is 292 Å². The molecule has 1 atom stereocenters. The fourth-order valence-corrected chi connectivity index (χ4v) is 7.74. The van der Waals surface area contributed by atoms with Crippen LogP contribution in [0.2, 0.25) is 5.02 Å². The minimum Gasteiger partial charge on any atom is -0.494 e. The molecule has 0 spiro atoms. The van der Waals surface area contributed by atoms with Crippen molar-refractivity contribution in [1.29, 1.82) is 0 Å². The lowest BCUT2D eigenvalue weighted by Crippen LogP contribution is -2.56. The van der Waals surface area contributed by atoms with Crippen LogP contribution in [0.15, 0.2) is 55.4 Å². The second-order valence-electron chi connectivity index (χ2n) is 13.2. The molecule has 2 N–H and O–H groups in total. The number of rotatable bonds is 10. The van der Waals surface area contributed by atoms with Crippen LogP contribution in [0, 0.1) is 5.82 Å². The molecular weight excluding hydrogens is 647 g/mol. The number of carbonyl (C=O) groups excluding carboxylic acids is 1. The molecule has 0 radical (unpaired) electrons. The summed E-state index contributed by atoms with van der Waals surface area (Å²) in [6.45, 7) is 10.5. The third-order valence-electron chi connectivity index (χ3n) is 10.3. The van der Waals surface area contributed by atoms with E-state index in [1.807, 2.05) is 12.1 Å². The van der Waals surface area contributed by atoms with Gasteiger partial charge in [0.25, 0.3) is 0 Å². The lowest BCUT2D eigenvalue weighted by atomic mass is 9.91. The lowest BCUT2D eigenvalue weighted by Gasteiger charge is -2.46. The van der Waals surface area contributed by atoms with Crippen LogP contribution in [0.1, 0.15) is 50.1 Å². The number of benzene rings is 2. The van der Waals surface area contributed by atoms with Crippen LogP contribution < -0.4 is 25.3 Å². The third kappa shape index (κ3) is 7.47. The molecule has 1 aliphatic carbocycles. The molecule has 260 valence electrons. The number of hydrogen-bond donors (Lipinski definition) is 2. The summed E-state index contributed by atoms with van der Waals surface area (Å²) in [6.07, 6.45) is 9.58. The smallest absolute Gasteiger partial charge is 0.247 e. The number of aromatic nitrogens is 2. The Morgan fingerprint density at radius 3 is 2.35 bits per heavy atom. The summed E-state index contributed by atoms with van der Waals surface area (Å²) >= 11 is 6.15. The van der Waals surface area contributed by atoms with Gasteiger partial charge in [0.05, 0.1) is 36.8 Å². The first-order valence-corrected chi connectivity index (χ1v) is 17.6. The number of carbonyl (C=O) groups is 1. The summed E-state index contributed by atoms with van der Waals surface area (Å²) in [4.78, 5) is 35.1. The fraction of sp³-hybridized carbons (Fsp3) is 0.472. The second kappa shape index (κ2) is 14.9. The van der Waals surface area contributed by atoms with Gasteiger partial charge in [0, 0.05) is 74.9 Å². The van der Waals surface area contributed by atoms with Gasteiger partial charge in [0.15, 0.2) is 5.82 Å². The predicted octanol–water partition coefficient (Wildman–Crippen LogP) is 6.17. The number of amides is 1. The Kier molecular flexibility index (Phi) is 10.2. The standard InChI is InChI=1S/C36H44ClFN8O3/c1-3-36(47)42-29-20-30(41-34-22-35(40-23-39-34)46-31(9-16-49-46)24-17-25(37)19-26(38)18-24)33(48-2)21-32(29)45-10-7-28(8-11-45)44-14-12-43(13-15-44)27-5-4-6-27/h3,17-23,27-28,31H,1,4-16H2,2H3,(H,42,47)(H,39,40,41)/t31-/m1/s1. The maximum absolute atomic E-state index is 14.2. The van der Waals surface area contributed by atoms with E-state index in [4.69, 9.17) is 21.2 Å². The van der Waals surface area contributed by atoms with Gasteiger partial charge < -0.3 is 20.3 Å². The molecule has 3 aromatic rings. The van der Waals surface area contributed by atoms with Crippen molar-refractivity contribution in [3.63, 3.8) is 0 Å². The quantitative estimate of drug-likeness (QED) is 0.241. The van der Waals surface area contributed by atoms with Crippen LogP contribution in [0.3, 0.4) is 0 Å². The van der Waals surface area contributed by atoms with Gasteiger partial charge in [-0.1, -0.05) is 24.6 Å². The van der Waals surface area contributed by atoms with Crippen LogP contribution in [-0.2, 0) is 9.63 Å². The van der Waals surface area contributed by atoms with E-state index < -0.39 is 5.82 Å². The number of ether oxygens (including phenoxy) is 1. The minimum atomic E-state index is -0.406. The topological polar surface area (TPSA) is 98.3 Å². The normalized spacial score (nSPS) is 21.0. The van der Waals surface area contributed by atoms with Gasteiger partial charge in [-0.2, -0.15) is 0 Å². The lowest BCUT2D eigenvalue weighted by molar-refractivity contribution is -0.111. The van der Waals surface area contributed by atoms with E-state index in [2.05, 4.69) is 41.9 Å². The van der Waals surface area contributed by atoms with Crippen LogP contribution in [0.4, 0.5) is 33.1 Å². The Bertz CT molecular complexity index is 1640. The van der Waals surface area contributed by atoms with Crippen molar-refractivity contribution in [2.45, 2.75) is 56.7 Å². The highest BCUT2D eigenvalue weighted by molar-refractivity contribution is 6.30. The van der Waals surface area contributed by atoms with E-state index in [1.54, 1.807) is 24.3 Å². The molecule has 13 heteroatoms. The Hall–Kier alpha value is -3.97. The number of piperidine rings is 1. The zero-order valence-corrected chi connectivity index (χ0v) is 28.7. The van der Waals surface area contributed by atoms with E-state index in [-0.39, 0.29) is 11.9 Å². The summed E-state index contributed by atoms with van der Waals surface area (Å²) in [6, 6.07) is 11.2. The van der Waals surface area contributed by atoms with Gasteiger partial charge >= 0.3 is 0 Å². The van der Waals surface area contributed by atoms with Gasteiger partial charge in [-0.15, -0.1) is 0 Å². The molecule has 0 bridgehead atoms. The Balaban J connectivity index is 1.07. The highest BCUT2D eigenvalue weighted by atomic mass is 35.5. The number of anilines is 5. The van der Waals surface area contributed by atoms with E-state index in [0.717, 1.165) is 50.7 Å². The minimum absolute atomic E-state index is 0.272. The van der Waals surface area contributed by atoms with Gasteiger partial charge in [-0.3, -0.25) is 19.4 Å². The molecule has 3 aliphatic heterocycles. The SMILES string of the molecule is C=CC(=O)Nc1cc(Nc2cc(N3OCC[C@@H]3c3cc(F)cc(Cl)c3)ncn2)c(OC)cc1N1CCC(N2CCN(C3CCC3)CC2)CC1. The highest BCUT2D eigenvalue weighted by Gasteiger charge is 2.33. The summed E-state index contributed by atoms with van der Waals surface area (Å²) in [7, 11) is 1.62. The first-order valence-electron chi connectivity index (χ1n) is 17.2. The monoisotopic (exact) mass is 690 g/mol. The molecule has 1 saturated carbocycles. The zero-order chi connectivity index (χ0) is 33.9. The van der Waals surface area contributed by atoms with Crippen molar-refractivity contribution in [2.24, 2.45) is 0 Å². The average Bonchev–Trinajstić information content (AvgIpc) is 3.58.